The van der Waals surface area contributed by atoms with Crippen molar-refractivity contribution in [1.82, 2.24) is 14.9 Å². The molecule has 0 saturated carbocycles. The smallest absolute Gasteiger partial charge is 0.269 e. The first-order valence-electron chi connectivity index (χ1n) is 11.6. The highest BCUT2D eigenvalue weighted by Crippen LogP contribution is 2.42. The highest BCUT2D eigenvalue weighted by atomic mass is 32.2. The van der Waals surface area contributed by atoms with Gasteiger partial charge in [0.25, 0.3) is 5.69 Å². The van der Waals surface area contributed by atoms with Gasteiger partial charge in [-0.05, 0) is 86.7 Å². The first-order valence-corrected chi connectivity index (χ1v) is 12.8. The summed E-state index contributed by atoms with van der Waals surface area (Å²) in [5.74, 6) is 0. The molecular formula is C27H25N5O2S2. The molecule has 7 nitrogen and oxygen atoms in total. The molecule has 9 heteroatoms. The molecule has 1 N–H and O–H groups in total. The van der Waals surface area contributed by atoms with Crippen molar-refractivity contribution in [1.29, 1.82) is 0 Å². The van der Waals surface area contributed by atoms with Crippen LogP contribution in [0.2, 0.25) is 0 Å². The fraction of sp³-hybridized carbons (Fsp3) is 0.185. The lowest BCUT2D eigenvalue weighted by atomic mass is 10.0. The molecule has 3 heterocycles. The summed E-state index contributed by atoms with van der Waals surface area (Å²) in [7, 11) is 0. The van der Waals surface area contributed by atoms with Gasteiger partial charge in [-0.15, -0.1) is 0 Å². The molecule has 0 radical (unpaired) electrons. The third kappa shape index (κ3) is 4.72. The molecule has 1 aliphatic heterocycles. The summed E-state index contributed by atoms with van der Waals surface area (Å²) in [6.45, 7) is 4.35. The minimum Gasteiger partial charge on any atom is -0.351 e. The van der Waals surface area contributed by atoms with Gasteiger partial charge in [-0.3, -0.25) is 15.1 Å². The van der Waals surface area contributed by atoms with Crippen molar-refractivity contribution >= 4 is 40.5 Å². The van der Waals surface area contributed by atoms with Gasteiger partial charge in [-0.25, -0.2) is 0 Å². The van der Waals surface area contributed by atoms with E-state index in [-0.39, 0.29) is 22.7 Å². The predicted molar refractivity (Wildman–Crippen MR) is 146 cm³/mol. The summed E-state index contributed by atoms with van der Waals surface area (Å²) in [4.78, 5) is 19.3. The van der Waals surface area contributed by atoms with E-state index in [0.717, 1.165) is 26.9 Å². The van der Waals surface area contributed by atoms with Gasteiger partial charge in [0.05, 0.1) is 16.7 Å². The first-order chi connectivity index (χ1) is 17.4. The second kappa shape index (κ2) is 10.1. The highest BCUT2D eigenvalue weighted by Gasteiger charge is 2.42. The second-order valence-corrected chi connectivity index (χ2v) is 10.3. The molecule has 0 spiro atoms. The Kier molecular flexibility index (Phi) is 6.75. The molecule has 182 valence electrons. The minimum absolute atomic E-state index is 0.0713. The Bertz CT molecular complexity index is 1370. The molecule has 0 unspecified atom stereocenters. The number of rotatable bonds is 7. The third-order valence-electron chi connectivity index (χ3n) is 6.17. The SMILES string of the molecule is CC(C)n1cccc1[C@H]1[C@H](c2ccccn2)NC(=S)N1c1ccc(Sc2ccc([N+](=O)[O-])cc2)cc1. The van der Waals surface area contributed by atoms with Crippen molar-refractivity contribution in [3.8, 4) is 0 Å². The number of hydrogen-bond donors (Lipinski definition) is 1. The molecule has 2 aromatic heterocycles. The minimum atomic E-state index is -0.388. The molecule has 5 rings (SSSR count). The van der Waals surface area contributed by atoms with Gasteiger partial charge in [-0.2, -0.15) is 0 Å². The molecule has 0 bridgehead atoms. The van der Waals surface area contributed by atoms with E-state index in [0.29, 0.717) is 11.2 Å². The fourth-order valence-electron chi connectivity index (χ4n) is 4.51. The van der Waals surface area contributed by atoms with Crippen LogP contribution in [0.1, 0.15) is 43.4 Å². The Morgan fingerprint density at radius 3 is 2.31 bits per heavy atom. The molecule has 2 aromatic carbocycles. The normalized spacial score (nSPS) is 17.4. The monoisotopic (exact) mass is 515 g/mol. The summed E-state index contributed by atoms with van der Waals surface area (Å²) in [5.41, 5.74) is 3.18. The van der Waals surface area contributed by atoms with Crippen LogP contribution in [0.25, 0.3) is 0 Å². The zero-order valence-corrected chi connectivity index (χ0v) is 21.4. The van der Waals surface area contributed by atoms with Gasteiger partial charge in [0.15, 0.2) is 5.11 Å². The Morgan fingerprint density at radius 1 is 1.00 bits per heavy atom. The Morgan fingerprint density at radius 2 is 1.69 bits per heavy atom. The molecule has 1 saturated heterocycles. The number of nitrogens with one attached hydrogen (secondary N) is 1. The van der Waals surface area contributed by atoms with Crippen molar-refractivity contribution in [3.05, 3.63) is 113 Å². The van der Waals surface area contributed by atoms with Crippen molar-refractivity contribution < 1.29 is 4.92 Å². The number of hydrogen-bond acceptors (Lipinski definition) is 5. The number of benzene rings is 2. The van der Waals surface area contributed by atoms with Crippen molar-refractivity contribution in [2.24, 2.45) is 0 Å². The van der Waals surface area contributed by atoms with Gasteiger partial charge in [0.2, 0.25) is 0 Å². The first kappa shape index (κ1) is 24.0. The number of nitrogens with zero attached hydrogens (tertiary/aromatic N) is 4. The number of thiocarbonyl (C=S) groups is 1. The van der Waals surface area contributed by atoms with Crippen molar-refractivity contribution in [2.45, 2.75) is 41.8 Å². The number of non-ortho nitro benzene ring substituents is 1. The summed E-state index contributed by atoms with van der Waals surface area (Å²) < 4.78 is 2.28. The number of pyridine rings is 1. The summed E-state index contributed by atoms with van der Waals surface area (Å²) in [6.07, 6.45) is 3.92. The van der Waals surface area contributed by atoms with Crippen molar-refractivity contribution in [2.75, 3.05) is 4.90 Å². The standard InChI is InChI=1S/C27H25N5O2S2/c1-18(2)30-17-5-7-24(30)26-25(23-6-3-4-16-28-23)29-27(35)31(26)19-8-12-21(13-9-19)36-22-14-10-20(11-15-22)32(33)34/h3-18,25-26H,1-2H3,(H,29,35)/t25-,26-/m0/s1. The molecule has 36 heavy (non-hydrogen) atoms. The maximum atomic E-state index is 10.9. The lowest BCUT2D eigenvalue weighted by Gasteiger charge is -2.30. The van der Waals surface area contributed by atoms with Gasteiger partial charge >= 0.3 is 0 Å². The zero-order chi connectivity index (χ0) is 25.2. The number of nitro benzene ring substituents is 1. The third-order valence-corrected chi connectivity index (χ3v) is 7.50. The van der Waals surface area contributed by atoms with E-state index in [1.54, 1.807) is 23.9 Å². The van der Waals surface area contributed by atoms with Gasteiger partial charge < -0.3 is 14.8 Å². The molecule has 1 fully saturated rings. The zero-order valence-electron chi connectivity index (χ0n) is 19.8. The molecule has 0 aliphatic carbocycles. The van der Waals surface area contributed by atoms with Crippen LogP contribution in [-0.4, -0.2) is 19.6 Å². The summed E-state index contributed by atoms with van der Waals surface area (Å²) in [6, 6.07) is 25.1. The van der Waals surface area contributed by atoms with E-state index in [1.165, 1.54) is 12.1 Å². The van der Waals surface area contributed by atoms with E-state index in [1.807, 2.05) is 24.4 Å². The second-order valence-electron chi connectivity index (χ2n) is 8.78. The lowest BCUT2D eigenvalue weighted by Crippen LogP contribution is -2.30. The molecule has 1 aliphatic rings. The van der Waals surface area contributed by atoms with Gasteiger partial charge in [0.1, 0.15) is 6.04 Å². The van der Waals surface area contributed by atoms with E-state index in [4.69, 9.17) is 12.2 Å². The number of nitro groups is 1. The Hall–Kier alpha value is -3.69. The van der Waals surface area contributed by atoms with E-state index in [2.05, 4.69) is 76.2 Å². The topological polar surface area (TPSA) is 76.2 Å². The summed E-state index contributed by atoms with van der Waals surface area (Å²) >= 11 is 7.41. The van der Waals surface area contributed by atoms with Crippen LogP contribution < -0.4 is 10.2 Å². The van der Waals surface area contributed by atoms with Gasteiger partial charge in [-0.1, -0.05) is 17.8 Å². The summed E-state index contributed by atoms with van der Waals surface area (Å²) in [5, 5.41) is 15.1. The predicted octanol–water partition coefficient (Wildman–Crippen LogP) is 6.70. The number of aromatic nitrogens is 2. The van der Waals surface area contributed by atoms with Crippen molar-refractivity contribution in [3.63, 3.8) is 0 Å². The quantitative estimate of drug-likeness (QED) is 0.167. The van der Waals surface area contributed by atoms with Crippen LogP contribution >= 0.6 is 24.0 Å². The fourth-order valence-corrected chi connectivity index (χ4v) is 5.67. The average molecular weight is 516 g/mol. The maximum Gasteiger partial charge on any atom is 0.269 e. The van der Waals surface area contributed by atoms with Crippen LogP contribution in [0.5, 0.6) is 0 Å². The lowest BCUT2D eigenvalue weighted by molar-refractivity contribution is -0.384. The average Bonchev–Trinajstić information content (AvgIpc) is 3.50. The van der Waals surface area contributed by atoms with Crippen LogP contribution in [0, 0.1) is 10.1 Å². The largest absolute Gasteiger partial charge is 0.351 e. The van der Waals surface area contributed by atoms with E-state index < -0.39 is 0 Å². The maximum absolute atomic E-state index is 10.9. The molecule has 4 aromatic rings. The number of anilines is 1. The highest BCUT2D eigenvalue weighted by molar-refractivity contribution is 7.99. The van der Waals surface area contributed by atoms with Gasteiger partial charge in [0, 0.05) is 51.7 Å². The van der Waals surface area contributed by atoms with Crippen LogP contribution in [-0.2, 0) is 0 Å². The van der Waals surface area contributed by atoms with E-state index in [9.17, 15) is 10.1 Å². The Labute approximate surface area is 219 Å². The van der Waals surface area contributed by atoms with Crippen LogP contribution in [0.4, 0.5) is 11.4 Å². The Balaban J connectivity index is 1.46. The molecule has 2 atom stereocenters. The molecule has 0 amide bonds. The van der Waals surface area contributed by atoms with E-state index >= 15 is 0 Å². The van der Waals surface area contributed by atoms with Crippen LogP contribution in [0.3, 0.4) is 0 Å². The van der Waals surface area contributed by atoms with Crippen LogP contribution in [0.15, 0.2) is 101 Å². The molecular weight excluding hydrogens is 490 g/mol.